The summed E-state index contributed by atoms with van der Waals surface area (Å²) >= 11 is 3.20. The summed E-state index contributed by atoms with van der Waals surface area (Å²) in [5, 5.41) is 4.19. The fourth-order valence-corrected chi connectivity index (χ4v) is 2.56. The lowest BCUT2D eigenvalue weighted by atomic mass is 10.1. The van der Waals surface area contributed by atoms with E-state index in [0.717, 1.165) is 27.8 Å². The van der Waals surface area contributed by atoms with Gasteiger partial charge in [0.15, 0.2) is 0 Å². The number of halogens is 2. The zero-order valence-electron chi connectivity index (χ0n) is 11.3. The molecule has 0 amide bonds. The van der Waals surface area contributed by atoms with Crippen LogP contribution < -0.4 is 11.1 Å². The molecule has 3 nitrogen and oxygen atoms in total. The maximum atomic E-state index is 13.5. The molecule has 3 aromatic rings. The second kappa shape index (κ2) is 5.33. The maximum absolute atomic E-state index is 13.5. The maximum Gasteiger partial charge on any atom is 0.137 e. The molecule has 0 aliphatic heterocycles. The normalized spacial score (nSPS) is 10.8. The van der Waals surface area contributed by atoms with E-state index in [1.54, 1.807) is 12.3 Å². The smallest absolute Gasteiger partial charge is 0.137 e. The van der Waals surface area contributed by atoms with Gasteiger partial charge in [0.1, 0.15) is 5.82 Å². The summed E-state index contributed by atoms with van der Waals surface area (Å²) in [5.74, 6) is -0.279. The molecule has 1 aromatic heterocycles. The highest BCUT2D eigenvalue weighted by atomic mass is 79.9. The minimum Gasteiger partial charge on any atom is -0.398 e. The van der Waals surface area contributed by atoms with Gasteiger partial charge in [0.2, 0.25) is 0 Å². The van der Waals surface area contributed by atoms with E-state index in [1.807, 2.05) is 31.2 Å². The summed E-state index contributed by atoms with van der Waals surface area (Å²) in [6.07, 6.45) is 1.72. The van der Waals surface area contributed by atoms with Crippen molar-refractivity contribution in [3.8, 4) is 0 Å². The van der Waals surface area contributed by atoms with Crippen molar-refractivity contribution in [3.05, 3.63) is 58.4 Å². The monoisotopic (exact) mass is 345 g/mol. The van der Waals surface area contributed by atoms with Gasteiger partial charge in [0.05, 0.1) is 15.7 Å². The highest BCUT2D eigenvalue weighted by molar-refractivity contribution is 9.10. The fourth-order valence-electron chi connectivity index (χ4n) is 2.22. The van der Waals surface area contributed by atoms with Crippen molar-refractivity contribution in [2.24, 2.45) is 0 Å². The molecule has 3 N–H and O–H groups in total. The van der Waals surface area contributed by atoms with Crippen LogP contribution in [-0.4, -0.2) is 4.98 Å². The summed E-state index contributed by atoms with van der Waals surface area (Å²) in [4.78, 5) is 4.38. The zero-order valence-corrected chi connectivity index (χ0v) is 12.9. The summed E-state index contributed by atoms with van der Waals surface area (Å²) in [5.41, 5.74) is 9.91. The van der Waals surface area contributed by atoms with E-state index in [0.29, 0.717) is 10.2 Å². The molecule has 0 aliphatic rings. The third-order valence-corrected chi connectivity index (χ3v) is 3.95. The first-order valence-electron chi connectivity index (χ1n) is 6.42. The van der Waals surface area contributed by atoms with E-state index in [1.165, 1.54) is 6.07 Å². The first-order chi connectivity index (χ1) is 10.1. The summed E-state index contributed by atoms with van der Waals surface area (Å²) < 4.78 is 13.9. The Balaban J connectivity index is 2.11. The van der Waals surface area contributed by atoms with E-state index in [2.05, 4.69) is 26.2 Å². The van der Waals surface area contributed by atoms with Crippen LogP contribution in [0.1, 0.15) is 5.56 Å². The number of pyridine rings is 1. The van der Waals surface area contributed by atoms with Crippen LogP contribution in [-0.2, 0) is 0 Å². The van der Waals surface area contributed by atoms with E-state index in [-0.39, 0.29) is 5.82 Å². The minimum absolute atomic E-state index is 0.279. The molecule has 0 spiro atoms. The van der Waals surface area contributed by atoms with Crippen LogP contribution in [0.2, 0.25) is 0 Å². The van der Waals surface area contributed by atoms with Gasteiger partial charge in [0, 0.05) is 23.0 Å². The number of rotatable bonds is 2. The molecule has 0 atom stereocenters. The second-order valence-electron chi connectivity index (χ2n) is 4.81. The van der Waals surface area contributed by atoms with Crippen LogP contribution in [0.4, 0.5) is 21.5 Å². The minimum atomic E-state index is -0.279. The number of fused-ring (bicyclic) bond motifs is 1. The van der Waals surface area contributed by atoms with E-state index < -0.39 is 0 Å². The Morgan fingerprint density at radius 3 is 2.81 bits per heavy atom. The molecule has 0 aliphatic carbocycles. The average molecular weight is 346 g/mol. The standard InChI is InChI=1S/C16H13BrFN3/c1-9-7-12(18)11(17)8-15(9)21-14-5-4-13(19)10-3-2-6-20-16(10)14/h2-8,21H,19H2,1H3. The molecule has 2 aromatic carbocycles. The lowest BCUT2D eigenvalue weighted by molar-refractivity contribution is 0.620. The molecule has 0 saturated heterocycles. The van der Waals surface area contributed by atoms with Crippen LogP contribution in [0.3, 0.4) is 0 Å². The molecule has 21 heavy (non-hydrogen) atoms. The van der Waals surface area contributed by atoms with Gasteiger partial charge in [-0.15, -0.1) is 0 Å². The third kappa shape index (κ3) is 2.56. The van der Waals surface area contributed by atoms with Gasteiger partial charge >= 0.3 is 0 Å². The summed E-state index contributed by atoms with van der Waals surface area (Å²) in [6.45, 7) is 1.85. The predicted molar refractivity (Wildman–Crippen MR) is 88.3 cm³/mol. The van der Waals surface area contributed by atoms with Crippen LogP contribution in [0.5, 0.6) is 0 Å². The lowest BCUT2D eigenvalue weighted by Gasteiger charge is -2.13. The second-order valence-corrected chi connectivity index (χ2v) is 5.66. The summed E-state index contributed by atoms with van der Waals surface area (Å²) in [6, 6.07) is 10.7. The van der Waals surface area contributed by atoms with Crippen molar-refractivity contribution >= 4 is 43.9 Å². The van der Waals surface area contributed by atoms with Gasteiger partial charge in [-0.05, 0) is 64.8 Å². The van der Waals surface area contributed by atoms with E-state index in [4.69, 9.17) is 5.73 Å². The number of benzene rings is 2. The fraction of sp³-hybridized carbons (Fsp3) is 0.0625. The number of aryl methyl sites for hydroxylation is 1. The molecular weight excluding hydrogens is 333 g/mol. The number of nitrogens with two attached hydrogens (primary N) is 1. The molecule has 0 bridgehead atoms. The van der Waals surface area contributed by atoms with Crippen molar-refractivity contribution in [1.82, 2.24) is 4.98 Å². The number of hydrogen-bond donors (Lipinski definition) is 2. The first kappa shape index (κ1) is 13.8. The molecule has 0 fully saturated rings. The Bertz CT molecular complexity index is 833. The number of nitrogens with one attached hydrogen (secondary N) is 1. The quantitative estimate of drug-likeness (QED) is 0.657. The van der Waals surface area contributed by atoms with Gasteiger partial charge in [-0.2, -0.15) is 0 Å². The van der Waals surface area contributed by atoms with Gasteiger partial charge < -0.3 is 11.1 Å². The molecule has 1 heterocycles. The van der Waals surface area contributed by atoms with E-state index in [9.17, 15) is 4.39 Å². The Morgan fingerprint density at radius 1 is 1.19 bits per heavy atom. The topological polar surface area (TPSA) is 50.9 Å². The zero-order chi connectivity index (χ0) is 15.0. The van der Waals surface area contributed by atoms with Gasteiger partial charge in [-0.3, -0.25) is 4.98 Å². The molecule has 0 radical (unpaired) electrons. The largest absolute Gasteiger partial charge is 0.398 e. The Labute approximate surface area is 130 Å². The van der Waals surface area contributed by atoms with Crippen molar-refractivity contribution < 1.29 is 4.39 Å². The number of anilines is 3. The van der Waals surface area contributed by atoms with Gasteiger partial charge in [-0.1, -0.05) is 0 Å². The van der Waals surface area contributed by atoms with Crippen molar-refractivity contribution in [3.63, 3.8) is 0 Å². The number of hydrogen-bond acceptors (Lipinski definition) is 3. The summed E-state index contributed by atoms with van der Waals surface area (Å²) in [7, 11) is 0. The van der Waals surface area contributed by atoms with Crippen molar-refractivity contribution in [1.29, 1.82) is 0 Å². The molecule has 0 saturated carbocycles. The molecule has 3 rings (SSSR count). The van der Waals surface area contributed by atoms with Crippen LogP contribution in [0.15, 0.2) is 47.1 Å². The third-order valence-electron chi connectivity index (χ3n) is 3.34. The first-order valence-corrected chi connectivity index (χ1v) is 7.21. The number of nitrogen functional groups attached to an aromatic ring is 1. The van der Waals surface area contributed by atoms with Gasteiger partial charge in [-0.25, -0.2) is 4.39 Å². The molecular formula is C16H13BrFN3. The highest BCUT2D eigenvalue weighted by Gasteiger charge is 2.09. The molecule has 5 heteroatoms. The van der Waals surface area contributed by atoms with Crippen LogP contribution >= 0.6 is 15.9 Å². The predicted octanol–water partition coefficient (Wildman–Crippen LogP) is 4.77. The Morgan fingerprint density at radius 2 is 2.00 bits per heavy atom. The molecule has 106 valence electrons. The lowest BCUT2D eigenvalue weighted by Crippen LogP contribution is -1.98. The SMILES string of the molecule is Cc1cc(F)c(Br)cc1Nc1ccc(N)c2cccnc12. The van der Waals surface area contributed by atoms with Crippen LogP contribution in [0, 0.1) is 12.7 Å². The van der Waals surface area contributed by atoms with Gasteiger partial charge in [0.25, 0.3) is 0 Å². The highest BCUT2D eigenvalue weighted by Crippen LogP contribution is 2.31. The Hall–Kier alpha value is -2.14. The van der Waals surface area contributed by atoms with Crippen molar-refractivity contribution in [2.75, 3.05) is 11.1 Å². The molecule has 0 unspecified atom stereocenters. The van der Waals surface area contributed by atoms with Crippen molar-refractivity contribution in [2.45, 2.75) is 6.92 Å². The van der Waals surface area contributed by atoms with Crippen LogP contribution in [0.25, 0.3) is 10.9 Å². The number of aromatic nitrogens is 1. The average Bonchev–Trinajstić information content (AvgIpc) is 2.48. The number of nitrogens with zero attached hydrogens (tertiary/aromatic N) is 1. The Kier molecular flexibility index (Phi) is 3.51. The van der Waals surface area contributed by atoms with E-state index >= 15 is 0 Å².